The van der Waals surface area contributed by atoms with Gasteiger partial charge in [-0.3, -0.25) is 0 Å². The van der Waals surface area contributed by atoms with Crippen molar-refractivity contribution >= 4 is 0 Å². The van der Waals surface area contributed by atoms with Gasteiger partial charge >= 0.3 is 0 Å². The van der Waals surface area contributed by atoms with Gasteiger partial charge < -0.3 is 5.73 Å². The van der Waals surface area contributed by atoms with Gasteiger partial charge in [0.15, 0.2) is 0 Å². The van der Waals surface area contributed by atoms with Crippen LogP contribution in [-0.2, 0) is 5.54 Å². The van der Waals surface area contributed by atoms with E-state index in [1.54, 1.807) is 0 Å². The molecule has 1 aromatic carbocycles. The summed E-state index contributed by atoms with van der Waals surface area (Å²) in [4.78, 5) is 0. The molecule has 0 heterocycles. The summed E-state index contributed by atoms with van der Waals surface area (Å²) in [7, 11) is 0. The zero-order valence-corrected chi connectivity index (χ0v) is 6.88. The van der Waals surface area contributed by atoms with E-state index >= 15 is 0 Å². The maximum Gasteiger partial charge on any atom is 0.0381 e. The molecule has 0 saturated carbocycles. The van der Waals surface area contributed by atoms with E-state index in [2.05, 4.69) is 6.92 Å². The smallest absolute Gasteiger partial charge is 0.0381 e. The van der Waals surface area contributed by atoms with E-state index in [4.69, 9.17) is 5.73 Å². The van der Waals surface area contributed by atoms with Gasteiger partial charge in [0.25, 0.3) is 0 Å². The fourth-order valence-corrected chi connectivity index (χ4v) is 0.963. The Hall–Kier alpha value is -0.820. The predicted octanol–water partition coefficient (Wildman–Crippen LogP) is 2.08. The summed E-state index contributed by atoms with van der Waals surface area (Å²) in [6.45, 7) is 5.80. The van der Waals surface area contributed by atoms with Crippen LogP contribution in [0.2, 0.25) is 0 Å². The highest BCUT2D eigenvalue weighted by atomic mass is 14.7. The fraction of sp³-hybridized carbons (Fsp3) is 0.300. The Morgan fingerprint density at radius 1 is 1.36 bits per heavy atom. The second kappa shape index (κ2) is 3.05. The number of rotatable bonds is 2. The standard InChI is InChI=1S/C10H14N/c1-3-10(2,11)9-7-5-4-6-8-9/h4-8H,1,3,11H2,2H3. The molecular weight excluding hydrogens is 134 g/mol. The lowest BCUT2D eigenvalue weighted by Gasteiger charge is -2.22. The Balaban J connectivity index is 2.93. The van der Waals surface area contributed by atoms with Gasteiger partial charge in [-0.25, -0.2) is 0 Å². The van der Waals surface area contributed by atoms with Crippen LogP contribution in [0.15, 0.2) is 30.3 Å². The molecule has 1 aromatic rings. The Bertz CT molecular complexity index is 214. The van der Waals surface area contributed by atoms with Gasteiger partial charge in [-0.1, -0.05) is 37.3 Å². The zero-order chi connectivity index (χ0) is 8.32. The van der Waals surface area contributed by atoms with Crippen LogP contribution in [-0.4, -0.2) is 0 Å². The molecule has 0 bridgehead atoms. The summed E-state index contributed by atoms with van der Waals surface area (Å²) in [6.07, 6.45) is 0.719. The minimum Gasteiger partial charge on any atom is -0.322 e. The van der Waals surface area contributed by atoms with Gasteiger partial charge in [-0.15, -0.1) is 0 Å². The van der Waals surface area contributed by atoms with Crippen LogP contribution >= 0.6 is 0 Å². The number of hydrogen-bond donors (Lipinski definition) is 1. The van der Waals surface area contributed by atoms with Crippen LogP contribution in [0.3, 0.4) is 0 Å². The third-order valence-electron chi connectivity index (χ3n) is 1.95. The second-order valence-corrected chi connectivity index (χ2v) is 3.03. The Morgan fingerprint density at radius 3 is 2.36 bits per heavy atom. The summed E-state index contributed by atoms with van der Waals surface area (Å²) in [5.41, 5.74) is 6.85. The van der Waals surface area contributed by atoms with Crippen molar-refractivity contribution in [1.29, 1.82) is 0 Å². The lowest BCUT2D eigenvalue weighted by atomic mass is 9.91. The highest BCUT2D eigenvalue weighted by Crippen LogP contribution is 2.19. The Labute approximate surface area is 68.2 Å². The third kappa shape index (κ3) is 1.81. The molecular formula is C10H14N. The van der Waals surface area contributed by atoms with Crippen molar-refractivity contribution in [2.45, 2.75) is 18.9 Å². The van der Waals surface area contributed by atoms with Crippen molar-refractivity contribution in [1.82, 2.24) is 0 Å². The van der Waals surface area contributed by atoms with Crippen molar-refractivity contribution < 1.29 is 0 Å². The van der Waals surface area contributed by atoms with E-state index in [0.29, 0.717) is 0 Å². The van der Waals surface area contributed by atoms with Crippen molar-refractivity contribution in [3.63, 3.8) is 0 Å². The summed E-state index contributed by atoms with van der Waals surface area (Å²) in [5.74, 6) is 0. The van der Waals surface area contributed by atoms with E-state index in [-0.39, 0.29) is 5.54 Å². The number of nitrogens with two attached hydrogens (primary N) is 1. The minimum absolute atomic E-state index is 0.277. The first-order valence-electron chi connectivity index (χ1n) is 3.80. The number of hydrogen-bond acceptors (Lipinski definition) is 1. The van der Waals surface area contributed by atoms with E-state index < -0.39 is 0 Å². The molecule has 0 aliphatic rings. The fourth-order valence-electron chi connectivity index (χ4n) is 0.963. The van der Waals surface area contributed by atoms with E-state index in [1.165, 1.54) is 0 Å². The summed E-state index contributed by atoms with van der Waals surface area (Å²) < 4.78 is 0. The first-order chi connectivity index (χ1) is 5.17. The van der Waals surface area contributed by atoms with Gasteiger partial charge in [0.05, 0.1) is 0 Å². The maximum absolute atomic E-state index is 5.97. The van der Waals surface area contributed by atoms with Gasteiger partial charge in [0.1, 0.15) is 0 Å². The molecule has 59 valence electrons. The number of benzene rings is 1. The second-order valence-electron chi connectivity index (χ2n) is 3.03. The molecule has 0 spiro atoms. The molecule has 11 heavy (non-hydrogen) atoms. The average molecular weight is 148 g/mol. The minimum atomic E-state index is -0.277. The SMILES string of the molecule is [CH2]CC(C)(N)c1ccccc1. The molecule has 0 aliphatic carbocycles. The molecule has 0 aromatic heterocycles. The molecule has 0 saturated heterocycles. The van der Waals surface area contributed by atoms with Crippen molar-refractivity contribution in [2.75, 3.05) is 0 Å². The van der Waals surface area contributed by atoms with Crippen LogP contribution < -0.4 is 5.73 Å². The van der Waals surface area contributed by atoms with Gasteiger partial charge in [-0.05, 0) is 18.9 Å². The molecule has 0 amide bonds. The molecule has 1 rings (SSSR count). The predicted molar refractivity (Wildman–Crippen MR) is 48.0 cm³/mol. The first-order valence-corrected chi connectivity index (χ1v) is 3.80. The zero-order valence-electron chi connectivity index (χ0n) is 6.88. The Morgan fingerprint density at radius 2 is 1.91 bits per heavy atom. The monoisotopic (exact) mass is 148 g/mol. The molecule has 1 nitrogen and oxygen atoms in total. The molecule has 0 aliphatic heterocycles. The topological polar surface area (TPSA) is 26.0 Å². The lowest BCUT2D eigenvalue weighted by Crippen LogP contribution is -2.31. The largest absolute Gasteiger partial charge is 0.322 e. The summed E-state index contributed by atoms with van der Waals surface area (Å²) >= 11 is 0. The molecule has 1 atom stereocenters. The van der Waals surface area contributed by atoms with Crippen LogP contribution in [0, 0.1) is 6.92 Å². The third-order valence-corrected chi connectivity index (χ3v) is 1.95. The van der Waals surface area contributed by atoms with E-state index in [0.717, 1.165) is 12.0 Å². The molecule has 1 radical (unpaired) electrons. The molecule has 0 fully saturated rings. The molecule has 1 unspecified atom stereocenters. The van der Waals surface area contributed by atoms with Crippen LogP contribution in [0.5, 0.6) is 0 Å². The van der Waals surface area contributed by atoms with Crippen molar-refractivity contribution in [3.8, 4) is 0 Å². The summed E-state index contributed by atoms with van der Waals surface area (Å²) in [6, 6.07) is 10.0. The van der Waals surface area contributed by atoms with Crippen molar-refractivity contribution in [2.24, 2.45) is 5.73 Å². The van der Waals surface area contributed by atoms with Gasteiger partial charge in [0, 0.05) is 5.54 Å². The highest BCUT2D eigenvalue weighted by Gasteiger charge is 2.16. The first kappa shape index (κ1) is 8.28. The van der Waals surface area contributed by atoms with Gasteiger partial charge in [-0.2, -0.15) is 0 Å². The van der Waals surface area contributed by atoms with E-state index in [1.807, 2.05) is 37.3 Å². The highest BCUT2D eigenvalue weighted by molar-refractivity contribution is 5.22. The van der Waals surface area contributed by atoms with E-state index in [9.17, 15) is 0 Å². The van der Waals surface area contributed by atoms with Crippen molar-refractivity contribution in [3.05, 3.63) is 42.8 Å². The summed E-state index contributed by atoms with van der Waals surface area (Å²) in [5, 5.41) is 0. The Kier molecular flexibility index (Phi) is 2.30. The van der Waals surface area contributed by atoms with Crippen LogP contribution in [0.25, 0.3) is 0 Å². The average Bonchev–Trinajstić information content (AvgIpc) is 2.06. The quantitative estimate of drug-likeness (QED) is 0.682. The maximum atomic E-state index is 5.97. The van der Waals surface area contributed by atoms with Crippen LogP contribution in [0.4, 0.5) is 0 Å². The van der Waals surface area contributed by atoms with Crippen LogP contribution in [0.1, 0.15) is 18.9 Å². The molecule has 2 N–H and O–H groups in total. The normalized spacial score (nSPS) is 15.9. The van der Waals surface area contributed by atoms with Gasteiger partial charge in [0.2, 0.25) is 0 Å². The lowest BCUT2D eigenvalue weighted by molar-refractivity contribution is 0.500. The molecule has 1 heteroatoms.